The standard InChI is InChI=1S/C13H20N4O4/c1-2-20-13(19)11(14)12(18)16-9-6-15-17(7-9)8-10-4-3-5-21-10/h6-7,10-11H,2-5,8,14H2,1H3,(H,16,18). The summed E-state index contributed by atoms with van der Waals surface area (Å²) in [6, 6.07) is -1.34. The summed E-state index contributed by atoms with van der Waals surface area (Å²) in [5.41, 5.74) is 5.98. The summed E-state index contributed by atoms with van der Waals surface area (Å²) in [5, 5.41) is 6.68. The van der Waals surface area contributed by atoms with Gasteiger partial charge in [-0.3, -0.25) is 9.48 Å². The zero-order valence-electron chi connectivity index (χ0n) is 11.9. The lowest BCUT2D eigenvalue weighted by atomic mass is 10.2. The van der Waals surface area contributed by atoms with Crippen LogP contribution < -0.4 is 11.1 Å². The van der Waals surface area contributed by atoms with Gasteiger partial charge in [0.1, 0.15) is 0 Å². The monoisotopic (exact) mass is 296 g/mol. The Kier molecular flexibility index (Phi) is 5.29. The van der Waals surface area contributed by atoms with Crippen LogP contribution in [-0.4, -0.2) is 47.0 Å². The normalized spacial score (nSPS) is 19.2. The summed E-state index contributed by atoms with van der Waals surface area (Å²) < 4.78 is 11.9. The molecular formula is C13H20N4O4. The van der Waals surface area contributed by atoms with Crippen molar-refractivity contribution in [2.75, 3.05) is 18.5 Å². The first-order valence-corrected chi connectivity index (χ1v) is 6.97. The maximum absolute atomic E-state index is 11.8. The number of rotatable bonds is 6. The van der Waals surface area contributed by atoms with E-state index in [0.29, 0.717) is 12.2 Å². The minimum atomic E-state index is -1.34. The molecule has 1 fully saturated rings. The summed E-state index contributed by atoms with van der Waals surface area (Å²) in [5.74, 6) is -1.37. The van der Waals surface area contributed by atoms with Crippen LogP contribution in [0.1, 0.15) is 19.8 Å². The molecule has 1 aromatic heterocycles. The Bertz CT molecular complexity index is 496. The third kappa shape index (κ3) is 4.27. The maximum Gasteiger partial charge on any atom is 0.332 e. The van der Waals surface area contributed by atoms with Crippen LogP contribution in [0.5, 0.6) is 0 Å². The Labute approximate surface area is 122 Å². The number of ether oxygens (including phenoxy) is 2. The molecule has 0 spiro atoms. The second kappa shape index (κ2) is 7.19. The van der Waals surface area contributed by atoms with Crippen molar-refractivity contribution < 1.29 is 19.1 Å². The van der Waals surface area contributed by atoms with Crippen LogP contribution in [0.15, 0.2) is 12.4 Å². The Morgan fingerprint density at radius 2 is 2.48 bits per heavy atom. The highest BCUT2D eigenvalue weighted by Crippen LogP contribution is 2.15. The highest BCUT2D eigenvalue weighted by Gasteiger charge is 2.24. The smallest absolute Gasteiger partial charge is 0.332 e. The first-order valence-electron chi connectivity index (χ1n) is 6.97. The summed E-state index contributed by atoms with van der Waals surface area (Å²) in [7, 11) is 0. The highest BCUT2D eigenvalue weighted by molar-refractivity contribution is 6.08. The number of esters is 1. The molecule has 0 aromatic carbocycles. The molecule has 2 unspecified atom stereocenters. The average molecular weight is 296 g/mol. The number of nitrogens with one attached hydrogen (secondary N) is 1. The van der Waals surface area contributed by atoms with Crippen molar-refractivity contribution in [1.82, 2.24) is 9.78 Å². The summed E-state index contributed by atoms with van der Waals surface area (Å²) in [6.45, 7) is 3.25. The fourth-order valence-electron chi connectivity index (χ4n) is 2.08. The van der Waals surface area contributed by atoms with Gasteiger partial charge in [0.25, 0.3) is 5.91 Å². The predicted octanol–water partition coefficient (Wildman–Crippen LogP) is -0.109. The van der Waals surface area contributed by atoms with Crippen molar-refractivity contribution in [3.8, 4) is 0 Å². The number of carbonyl (C=O) groups excluding carboxylic acids is 2. The van der Waals surface area contributed by atoms with Gasteiger partial charge in [-0.2, -0.15) is 5.10 Å². The van der Waals surface area contributed by atoms with Gasteiger partial charge in [-0.15, -0.1) is 0 Å². The Morgan fingerprint density at radius 1 is 1.67 bits per heavy atom. The van der Waals surface area contributed by atoms with E-state index in [1.807, 2.05) is 0 Å². The first kappa shape index (κ1) is 15.5. The number of amides is 1. The Hall–Kier alpha value is -1.93. The molecule has 0 saturated carbocycles. The van der Waals surface area contributed by atoms with E-state index in [4.69, 9.17) is 15.2 Å². The second-order valence-corrected chi connectivity index (χ2v) is 4.81. The molecule has 116 valence electrons. The van der Waals surface area contributed by atoms with Crippen LogP contribution >= 0.6 is 0 Å². The molecule has 1 aliphatic heterocycles. The quantitative estimate of drug-likeness (QED) is 0.560. The average Bonchev–Trinajstić information content (AvgIpc) is 3.11. The molecule has 8 nitrogen and oxygen atoms in total. The summed E-state index contributed by atoms with van der Waals surface area (Å²) >= 11 is 0. The molecule has 2 rings (SSSR count). The number of nitrogens with zero attached hydrogens (tertiary/aromatic N) is 2. The van der Waals surface area contributed by atoms with E-state index >= 15 is 0 Å². The zero-order chi connectivity index (χ0) is 15.2. The minimum absolute atomic E-state index is 0.162. The zero-order valence-corrected chi connectivity index (χ0v) is 11.9. The molecule has 1 amide bonds. The van der Waals surface area contributed by atoms with E-state index in [2.05, 4.69) is 10.4 Å². The van der Waals surface area contributed by atoms with Crippen LogP contribution in [0.3, 0.4) is 0 Å². The maximum atomic E-state index is 11.8. The van der Waals surface area contributed by atoms with Crippen LogP contribution in [0.4, 0.5) is 5.69 Å². The lowest BCUT2D eigenvalue weighted by Crippen LogP contribution is -2.43. The van der Waals surface area contributed by atoms with Gasteiger partial charge in [-0.1, -0.05) is 0 Å². The first-order chi connectivity index (χ1) is 10.1. The van der Waals surface area contributed by atoms with Crippen molar-refractivity contribution >= 4 is 17.6 Å². The molecule has 1 aliphatic rings. The van der Waals surface area contributed by atoms with Crippen LogP contribution in [0.25, 0.3) is 0 Å². The van der Waals surface area contributed by atoms with Gasteiger partial charge in [0.15, 0.2) is 6.04 Å². The predicted molar refractivity (Wildman–Crippen MR) is 74.4 cm³/mol. The Balaban J connectivity index is 1.86. The van der Waals surface area contributed by atoms with Gasteiger partial charge in [-0.05, 0) is 19.8 Å². The molecule has 21 heavy (non-hydrogen) atoms. The minimum Gasteiger partial charge on any atom is -0.464 e. The molecule has 0 radical (unpaired) electrons. The van der Waals surface area contributed by atoms with Crippen LogP contribution in [0, 0.1) is 0 Å². The van der Waals surface area contributed by atoms with Crippen molar-refractivity contribution in [1.29, 1.82) is 0 Å². The SMILES string of the molecule is CCOC(=O)C(N)C(=O)Nc1cnn(CC2CCCO2)c1. The topological polar surface area (TPSA) is 108 Å². The summed E-state index contributed by atoms with van der Waals surface area (Å²) in [6.07, 6.45) is 5.41. The largest absolute Gasteiger partial charge is 0.464 e. The highest BCUT2D eigenvalue weighted by atomic mass is 16.5. The third-order valence-corrected chi connectivity index (χ3v) is 3.14. The van der Waals surface area contributed by atoms with E-state index in [1.54, 1.807) is 17.8 Å². The van der Waals surface area contributed by atoms with Gasteiger partial charge in [0, 0.05) is 12.8 Å². The second-order valence-electron chi connectivity index (χ2n) is 4.81. The number of aromatic nitrogens is 2. The van der Waals surface area contributed by atoms with E-state index in [1.165, 1.54) is 6.20 Å². The number of hydrogen-bond acceptors (Lipinski definition) is 6. The van der Waals surface area contributed by atoms with Gasteiger partial charge < -0.3 is 20.5 Å². The van der Waals surface area contributed by atoms with E-state index in [0.717, 1.165) is 19.4 Å². The number of hydrogen-bond donors (Lipinski definition) is 2. The summed E-state index contributed by atoms with van der Waals surface area (Å²) in [4.78, 5) is 23.1. The fourth-order valence-corrected chi connectivity index (χ4v) is 2.08. The molecule has 2 heterocycles. The molecule has 1 aromatic rings. The van der Waals surface area contributed by atoms with Gasteiger partial charge >= 0.3 is 5.97 Å². The van der Waals surface area contributed by atoms with Crippen LogP contribution in [0.2, 0.25) is 0 Å². The van der Waals surface area contributed by atoms with Crippen molar-refractivity contribution in [2.24, 2.45) is 5.73 Å². The molecule has 1 saturated heterocycles. The van der Waals surface area contributed by atoms with Crippen molar-refractivity contribution in [2.45, 2.75) is 38.5 Å². The molecule has 0 bridgehead atoms. The van der Waals surface area contributed by atoms with Gasteiger partial charge in [-0.25, -0.2) is 4.79 Å². The lowest BCUT2D eigenvalue weighted by Gasteiger charge is -2.10. The van der Waals surface area contributed by atoms with E-state index in [-0.39, 0.29) is 12.7 Å². The molecular weight excluding hydrogens is 276 g/mol. The van der Waals surface area contributed by atoms with Crippen LogP contribution in [-0.2, 0) is 25.6 Å². The molecule has 8 heteroatoms. The lowest BCUT2D eigenvalue weighted by molar-refractivity contribution is -0.146. The van der Waals surface area contributed by atoms with Crippen molar-refractivity contribution in [3.63, 3.8) is 0 Å². The van der Waals surface area contributed by atoms with E-state index < -0.39 is 17.9 Å². The van der Waals surface area contributed by atoms with E-state index in [9.17, 15) is 9.59 Å². The Morgan fingerprint density at radius 3 is 3.14 bits per heavy atom. The van der Waals surface area contributed by atoms with Gasteiger partial charge in [0.2, 0.25) is 0 Å². The molecule has 3 N–H and O–H groups in total. The number of anilines is 1. The number of nitrogens with two attached hydrogens (primary N) is 1. The molecule has 0 aliphatic carbocycles. The number of carbonyl (C=O) groups is 2. The molecule has 2 atom stereocenters. The van der Waals surface area contributed by atoms with Crippen molar-refractivity contribution in [3.05, 3.63) is 12.4 Å². The van der Waals surface area contributed by atoms with Gasteiger partial charge in [0.05, 0.1) is 31.1 Å². The fraction of sp³-hybridized carbons (Fsp3) is 0.615. The third-order valence-electron chi connectivity index (χ3n) is 3.14.